The molecule has 10 heteroatoms. The summed E-state index contributed by atoms with van der Waals surface area (Å²) in [6.45, 7) is 1.27. The number of fused-ring (bicyclic) bond motifs is 2. The summed E-state index contributed by atoms with van der Waals surface area (Å²) in [7, 11) is 5.23. The number of thioether (sulfide) groups is 1. The molecular weight excluding hydrogens is 468 g/mol. The van der Waals surface area contributed by atoms with Crippen LogP contribution in [0.1, 0.15) is 5.56 Å². The van der Waals surface area contributed by atoms with Gasteiger partial charge in [-0.05, 0) is 17.7 Å². The molecule has 5 rings (SSSR count). The molecule has 3 aromatic rings. The molecule has 3 amide bonds. The number of imide groups is 1. The summed E-state index contributed by atoms with van der Waals surface area (Å²) in [6, 6.07) is 17.4. The largest absolute Gasteiger partial charge is 0.341 e. The third-order valence-corrected chi connectivity index (χ3v) is 8.29. The summed E-state index contributed by atoms with van der Waals surface area (Å²) < 4.78 is 2.17. The Morgan fingerprint density at radius 2 is 1.79 bits per heavy atom. The number of amides is 3. The van der Waals surface area contributed by atoms with E-state index in [4.69, 9.17) is 9.98 Å². The summed E-state index contributed by atoms with van der Waals surface area (Å²) in [6.07, 6.45) is -0.531. The van der Waals surface area contributed by atoms with Gasteiger partial charge >= 0.3 is 6.03 Å². The van der Waals surface area contributed by atoms with E-state index in [-0.39, 0.29) is 11.9 Å². The maximum absolute atomic E-state index is 13.2. The number of benzene rings is 2. The number of hydrogen-bond donors (Lipinski definition) is 0. The smallest absolute Gasteiger partial charge is 0.328 e. The molecule has 0 aliphatic carbocycles. The Kier molecular flexibility index (Phi) is 6.18. The molecule has 0 spiro atoms. The highest BCUT2D eigenvalue weighted by molar-refractivity contribution is 8.01. The second-order valence-corrected chi connectivity index (χ2v) is 10.8. The number of nitrogens with zero attached hydrogens (tertiary/aromatic N) is 6. The fraction of sp³-hybridized carbons (Fsp3) is 0.333. The lowest BCUT2D eigenvalue weighted by atomic mass is 10.1. The van der Waals surface area contributed by atoms with Gasteiger partial charge in [0.25, 0.3) is 5.91 Å². The van der Waals surface area contributed by atoms with E-state index in [0.29, 0.717) is 13.1 Å². The molecule has 2 aromatic carbocycles. The normalized spacial score (nSPS) is 20.2. The van der Waals surface area contributed by atoms with E-state index in [0.717, 1.165) is 27.1 Å². The summed E-state index contributed by atoms with van der Waals surface area (Å²) in [5.74, 6) is 1.26. The van der Waals surface area contributed by atoms with Crippen LogP contribution in [-0.2, 0) is 11.3 Å². The standard InChI is InChI=1S/C24H26N6O2S2/c1-27(15-16-9-5-4-6-10-16)22-26-20-19(21(31)29(3)24(32)28(20)2)30(22)13-14-33-23-25-17-11-7-8-12-18(17)34-23/h4-12,19-20H,13-15H2,1-3H3. The van der Waals surface area contributed by atoms with Crippen molar-refractivity contribution >= 4 is 51.2 Å². The van der Waals surface area contributed by atoms with Crippen molar-refractivity contribution in [3.63, 3.8) is 0 Å². The topological polar surface area (TPSA) is 72.4 Å². The number of aliphatic imine (C=N–C) groups is 1. The van der Waals surface area contributed by atoms with Crippen LogP contribution in [0.4, 0.5) is 4.79 Å². The first kappa shape index (κ1) is 22.7. The molecule has 0 radical (unpaired) electrons. The summed E-state index contributed by atoms with van der Waals surface area (Å²) >= 11 is 3.36. The predicted molar refractivity (Wildman–Crippen MR) is 136 cm³/mol. The zero-order valence-corrected chi connectivity index (χ0v) is 20.9. The van der Waals surface area contributed by atoms with Crippen LogP contribution in [0.15, 0.2) is 63.9 Å². The van der Waals surface area contributed by atoms with Crippen LogP contribution in [0, 0.1) is 0 Å². The van der Waals surface area contributed by atoms with Gasteiger partial charge in [0.2, 0.25) is 0 Å². The average Bonchev–Trinajstić information content (AvgIpc) is 3.43. The SMILES string of the molecule is CN(Cc1ccccc1)C1=NC2C(C(=O)N(C)C(=O)N2C)N1CCSc1nc2ccccc2s1. The zero-order valence-electron chi connectivity index (χ0n) is 19.3. The molecule has 2 atom stereocenters. The van der Waals surface area contributed by atoms with Gasteiger partial charge < -0.3 is 14.7 Å². The van der Waals surface area contributed by atoms with Gasteiger partial charge in [-0.1, -0.05) is 54.2 Å². The Hall–Kier alpha value is -3.11. The molecule has 1 fully saturated rings. The molecule has 2 unspecified atom stereocenters. The number of rotatable bonds is 6. The van der Waals surface area contributed by atoms with Crippen LogP contribution in [0.2, 0.25) is 0 Å². The van der Waals surface area contributed by atoms with Crippen LogP contribution in [0.25, 0.3) is 10.2 Å². The average molecular weight is 495 g/mol. The third-order valence-electron chi connectivity index (χ3n) is 6.13. The summed E-state index contributed by atoms with van der Waals surface area (Å²) in [4.78, 5) is 42.2. The first-order valence-corrected chi connectivity index (χ1v) is 12.9. The molecule has 2 aliphatic heterocycles. The van der Waals surface area contributed by atoms with E-state index in [1.165, 1.54) is 16.6 Å². The van der Waals surface area contributed by atoms with E-state index in [1.54, 1.807) is 35.0 Å². The van der Waals surface area contributed by atoms with Crippen molar-refractivity contribution in [1.29, 1.82) is 0 Å². The fourth-order valence-electron chi connectivity index (χ4n) is 4.38. The monoisotopic (exact) mass is 494 g/mol. The number of para-hydroxylation sites is 1. The minimum Gasteiger partial charge on any atom is -0.341 e. The van der Waals surface area contributed by atoms with Gasteiger partial charge in [0, 0.05) is 40.0 Å². The molecular formula is C24H26N6O2S2. The summed E-state index contributed by atoms with van der Waals surface area (Å²) in [5, 5.41) is 0. The molecule has 0 N–H and O–H groups in total. The highest BCUT2D eigenvalue weighted by atomic mass is 32.2. The Labute approximate surface area is 206 Å². The minimum atomic E-state index is -0.531. The zero-order chi connectivity index (χ0) is 23.8. The Bertz CT molecular complexity index is 1210. The Balaban J connectivity index is 1.37. The van der Waals surface area contributed by atoms with Gasteiger partial charge in [-0.2, -0.15) is 0 Å². The summed E-state index contributed by atoms with van der Waals surface area (Å²) in [5.41, 5.74) is 2.16. The van der Waals surface area contributed by atoms with Crippen molar-refractivity contribution < 1.29 is 9.59 Å². The van der Waals surface area contributed by atoms with E-state index in [9.17, 15) is 9.59 Å². The van der Waals surface area contributed by atoms with Crippen molar-refractivity contribution in [1.82, 2.24) is 24.6 Å². The number of urea groups is 1. The van der Waals surface area contributed by atoms with E-state index in [2.05, 4.69) is 28.0 Å². The van der Waals surface area contributed by atoms with Crippen molar-refractivity contribution in [2.45, 2.75) is 23.1 Å². The first-order chi connectivity index (χ1) is 16.4. The maximum atomic E-state index is 13.2. The van der Waals surface area contributed by atoms with E-state index >= 15 is 0 Å². The molecule has 1 saturated heterocycles. The molecule has 2 aliphatic rings. The van der Waals surface area contributed by atoms with Crippen LogP contribution in [-0.4, -0.2) is 88.1 Å². The van der Waals surface area contributed by atoms with Crippen molar-refractivity contribution in [2.24, 2.45) is 4.99 Å². The van der Waals surface area contributed by atoms with Crippen LogP contribution in [0.3, 0.4) is 0 Å². The van der Waals surface area contributed by atoms with Crippen LogP contribution >= 0.6 is 23.1 Å². The molecule has 176 valence electrons. The fourth-order valence-corrected chi connectivity index (χ4v) is 6.46. The lowest BCUT2D eigenvalue weighted by molar-refractivity contribution is -0.136. The van der Waals surface area contributed by atoms with Gasteiger partial charge in [-0.3, -0.25) is 9.69 Å². The molecule has 34 heavy (non-hydrogen) atoms. The number of carbonyl (C=O) groups excluding carboxylic acids is 2. The first-order valence-electron chi connectivity index (χ1n) is 11.1. The third kappa shape index (κ3) is 4.12. The van der Waals surface area contributed by atoms with Crippen LogP contribution in [0.5, 0.6) is 0 Å². The number of guanidine groups is 1. The van der Waals surface area contributed by atoms with E-state index < -0.39 is 12.2 Å². The second-order valence-electron chi connectivity index (χ2n) is 8.41. The number of thiazole rings is 1. The quantitative estimate of drug-likeness (QED) is 0.489. The van der Waals surface area contributed by atoms with Crippen molar-refractivity contribution in [3.8, 4) is 0 Å². The molecule has 3 heterocycles. The molecule has 8 nitrogen and oxygen atoms in total. The lowest BCUT2D eigenvalue weighted by Crippen LogP contribution is -2.64. The van der Waals surface area contributed by atoms with Gasteiger partial charge in [-0.25, -0.2) is 14.8 Å². The highest BCUT2D eigenvalue weighted by Crippen LogP contribution is 2.32. The van der Waals surface area contributed by atoms with Gasteiger partial charge in [-0.15, -0.1) is 11.3 Å². The van der Waals surface area contributed by atoms with E-state index in [1.807, 2.05) is 43.4 Å². The minimum absolute atomic E-state index is 0.218. The van der Waals surface area contributed by atoms with Gasteiger partial charge in [0.05, 0.1) is 10.2 Å². The Morgan fingerprint density at radius 3 is 2.56 bits per heavy atom. The molecule has 0 saturated carbocycles. The highest BCUT2D eigenvalue weighted by Gasteiger charge is 2.51. The Morgan fingerprint density at radius 1 is 1.06 bits per heavy atom. The van der Waals surface area contributed by atoms with Crippen molar-refractivity contribution in [2.75, 3.05) is 33.4 Å². The van der Waals surface area contributed by atoms with Gasteiger partial charge in [0.15, 0.2) is 22.5 Å². The number of likely N-dealkylation sites (N-methyl/N-ethyl adjacent to an activating group) is 2. The lowest BCUT2D eigenvalue weighted by Gasteiger charge is -2.40. The number of aromatic nitrogens is 1. The van der Waals surface area contributed by atoms with Gasteiger partial charge in [0.1, 0.15) is 0 Å². The molecule has 1 aromatic heterocycles. The predicted octanol–water partition coefficient (Wildman–Crippen LogP) is 3.41. The molecule has 0 bridgehead atoms. The maximum Gasteiger partial charge on any atom is 0.328 e. The number of hydrogen-bond acceptors (Lipinski definition) is 8. The number of carbonyl (C=O) groups is 2. The van der Waals surface area contributed by atoms with Crippen LogP contribution < -0.4 is 0 Å². The van der Waals surface area contributed by atoms with Crippen molar-refractivity contribution in [3.05, 3.63) is 60.2 Å². The second kappa shape index (κ2) is 9.27.